The van der Waals surface area contributed by atoms with Gasteiger partial charge in [0.05, 0.1) is 0 Å². The van der Waals surface area contributed by atoms with Crippen LogP contribution in [0.3, 0.4) is 0 Å². The quantitative estimate of drug-likeness (QED) is 0.515. The van der Waals surface area contributed by atoms with Crippen LogP contribution in [-0.2, 0) is 5.41 Å². The van der Waals surface area contributed by atoms with E-state index in [-0.39, 0.29) is 11.2 Å². The predicted octanol–water partition coefficient (Wildman–Crippen LogP) is 5.83. The number of allylic oxidation sites excluding steroid dienone is 1. The van der Waals surface area contributed by atoms with Crippen molar-refractivity contribution in [1.82, 2.24) is 0 Å². The van der Waals surface area contributed by atoms with Crippen LogP contribution in [0, 0.1) is 5.82 Å². The Morgan fingerprint density at radius 1 is 1.13 bits per heavy atom. The van der Waals surface area contributed by atoms with Gasteiger partial charge < -0.3 is 10.5 Å². The standard InChI is InChI=1S/C20H24FNO/c1-4-13-20(5-2,6-3)15-7-10-17(11-8-15)23-19-12-9-16(22)14-18(19)21/h4,7-12,14H,1,5-6,13,22H2,2-3H3. The number of hydrogen-bond donors (Lipinski definition) is 1. The first-order valence-electron chi connectivity index (χ1n) is 7.99. The van der Waals surface area contributed by atoms with Crippen LogP contribution < -0.4 is 10.5 Å². The van der Waals surface area contributed by atoms with Crippen molar-refractivity contribution in [3.8, 4) is 11.5 Å². The number of hydrogen-bond acceptors (Lipinski definition) is 2. The van der Waals surface area contributed by atoms with Crippen LogP contribution in [-0.4, -0.2) is 0 Å². The molecular formula is C20H24FNO. The second-order valence-electron chi connectivity index (χ2n) is 5.80. The van der Waals surface area contributed by atoms with Gasteiger partial charge in [0.1, 0.15) is 5.75 Å². The van der Waals surface area contributed by atoms with Gasteiger partial charge >= 0.3 is 0 Å². The van der Waals surface area contributed by atoms with Gasteiger partial charge in [0, 0.05) is 11.8 Å². The topological polar surface area (TPSA) is 35.2 Å². The molecule has 0 aromatic heterocycles. The van der Waals surface area contributed by atoms with Crippen LogP contribution in [0.4, 0.5) is 10.1 Å². The lowest BCUT2D eigenvalue weighted by atomic mass is 9.73. The Hall–Kier alpha value is -2.29. The molecule has 0 spiro atoms. The summed E-state index contributed by atoms with van der Waals surface area (Å²) in [5.74, 6) is 0.324. The molecule has 0 aliphatic carbocycles. The van der Waals surface area contributed by atoms with Crippen LogP contribution in [0.15, 0.2) is 55.1 Å². The van der Waals surface area contributed by atoms with Crippen LogP contribution in [0.25, 0.3) is 0 Å². The molecule has 0 aliphatic heterocycles. The Morgan fingerprint density at radius 2 is 1.78 bits per heavy atom. The van der Waals surface area contributed by atoms with E-state index in [0.717, 1.165) is 19.3 Å². The highest BCUT2D eigenvalue weighted by atomic mass is 19.1. The minimum absolute atomic E-state index is 0.104. The van der Waals surface area contributed by atoms with Gasteiger partial charge in [-0.3, -0.25) is 0 Å². The summed E-state index contributed by atoms with van der Waals surface area (Å²) in [6.07, 6.45) is 5.00. The van der Waals surface area contributed by atoms with E-state index in [4.69, 9.17) is 10.5 Å². The van der Waals surface area contributed by atoms with E-state index in [1.54, 1.807) is 12.1 Å². The van der Waals surface area contributed by atoms with Crippen molar-refractivity contribution in [3.63, 3.8) is 0 Å². The summed E-state index contributed by atoms with van der Waals surface area (Å²) in [4.78, 5) is 0. The normalized spacial score (nSPS) is 11.3. The third-order valence-corrected chi connectivity index (χ3v) is 4.54. The molecule has 2 nitrogen and oxygen atoms in total. The van der Waals surface area contributed by atoms with Crippen molar-refractivity contribution >= 4 is 5.69 Å². The molecule has 23 heavy (non-hydrogen) atoms. The molecule has 2 aromatic carbocycles. The molecule has 0 atom stereocenters. The first-order chi connectivity index (χ1) is 11.0. The number of benzene rings is 2. The molecule has 0 radical (unpaired) electrons. The molecule has 2 N–H and O–H groups in total. The molecule has 0 bridgehead atoms. The van der Waals surface area contributed by atoms with Crippen molar-refractivity contribution in [2.75, 3.05) is 5.73 Å². The second-order valence-corrected chi connectivity index (χ2v) is 5.80. The summed E-state index contributed by atoms with van der Waals surface area (Å²) in [6, 6.07) is 12.3. The maximum atomic E-state index is 13.8. The van der Waals surface area contributed by atoms with Crippen LogP contribution in [0.2, 0.25) is 0 Å². The average molecular weight is 313 g/mol. The molecule has 122 valence electrons. The SMILES string of the molecule is C=CCC(CC)(CC)c1ccc(Oc2ccc(N)cc2F)cc1. The largest absolute Gasteiger partial charge is 0.454 e. The molecule has 0 saturated carbocycles. The Labute approximate surface area is 137 Å². The Bertz CT molecular complexity index is 660. The van der Waals surface area contributed by atoms with Gasteiger partial charge in [-0.1, -0.05) is 32.1 Å². The molecule has 2 rings (SSSR count). The highest BCUT2D eigenvalue weighted by Crippen LogP contribution is 2.37. The maximum Gasteiger partial charge on any atom is 0.167 e. The molecule has 2 aromatic rings. The van der Waals surface area contributed by atoms with Gasteiger partial charge in [0.2, 0.25) is 0 Å². The highest BCUT2D eigenvalue weighted by Gasteiger charge is 2.26. The van der Waals surface area contributed by atoms with Gasteiger partial charge in [-0.05, 0) is 54.5 Å². The molecule has 3 heteroatoms. The lowest BCUT2D eigenvalue weighted by Gasteiger charge is -2.31. The molecule has 0 fully saturated rings. The average Bonchev–Trinajstić information content (AvgIpc) is 2.56. The summed E-state index contributed by atoms with van der Waals surface area (Å²) >= 11 is 0. The number of rotatable bonds is 7. The van der Waals surface area contributed by atoms with Crippen LogP contribution in [0.5, 0.6) is 11.5 Å². The zero-order valence-corrected chi connectivity index (χ0v) is 13.8. The summed E-state index contributed by atoms with van der Waals surface area (Å²) in [7, 11) is 0. The zero-order valence-electron chi connectivity index (χ0n) is 13.8. The number of ether oxygens (including phenoxy) is 1. The first kappa shape index (κ1) is 17.1. The molecule has 0 unspecified atom stereocenters. The lowest BCUT2D eigenvalue weighted by molar-refractivity contribution is 0.399. The van der Waals surface area contributed by atoms with Crippen molar-refractivity contribution in [3.05, 3.63) is 66.5 Å². The maximum absolute atomic E-state index is 13.8. The molecule has 0 amide bonds. The number of nitrogens with two attached hydrogens (primary N) is 1. The minimum Gasteiger partial charge on any atom is -0.454 e. The fraction of sp³-hybridized carbons (Fsp3) is 0.300. The number of nitrogen functional groups attached to an aromatic ring is 1. The summed E-state index contributed by atoms with van der Waals surface area (Å²) in [5.41, 5.74) is 7.28. The Balaban J connectivity index is 2.23. The number of anilines is 1. The summed E-state index contributed by atoms with van der Waals surface area (Å²) in [6.45, 7) is 8.27. The Morgan fingerprint density at radius 3 is 2.30 bits per heavy atom. The smallest absolute Gasteiger partial charge is 0.167 e. The van der Waals surface area contributed by atoms with E-state index in [9.17, 15) is 4.39 Å². The minimum atomic E-state index is -0.461. The van der Waals surface area contributed by atoms with E-state index in [2.05, 4.69) is 32.6 Å². The monoisotopic (exact) mass is 313 g/mol. The van der Waals surface area contributed by atoms with Crippen LogP contribution in [0.1, 0.15) is 38.7 Å². The summed E-state index contributed by atoms with van der Waals surface area (Å²) in [5, 5.41) is 0. The van der Waals surface area contributed by atoms with E-state index in [1.807, 2.05) is 18.2 Å². The number of halogens is 1. The predicted molar refractivity (Wildman–Crippen MR) is 94.4 cm³/mol. The van der Waals surface area contributed by atoms with Crippen molar-refractivity contribution in [2.24, 2.45) is 0 Å². The fourth-order valence-electron chi connectivity index (χ4n) is 2.94. The van der Waals surface area contributed by atoms with Gasteiger partial charge in [0.15, 0.2) is 11.6 Å². The van der Waals surface area contributed by atoms with Crippen molar-refractivity contribution < 1.29 is 9.13 Å². The van der Waals surface area contributed by atoms with E-state index in [1.165, 1.54) is 11.6 Å². The van der Waals surface area contributed by atoms with Crippen molar-refractivity contribution in [2.45, 2.75) is 38.5 Å². The van der Waals surface area contributed by atoms with Gasteiger partial charge in [-0.25, -0.2) is 4.39 Å². The van der Waals surface area contributed by atoms with Gasteiger partial charge in [-0.15, -0.1) is 6.58 Å². The van der Waals surface area contributed by atoms with E-state index < -0.39 is 5.82 Å². The molecular weight excluding hydrogens is 289 g/mol. The van der Waals surface area contributed by atoms with E-state index >= 15 is 0 Å². The van der Waals surface area contributed by atoms with Gasteiger partial charge in [-0.2, -0.15) is 0 Å². The second kappa shape index (κ2) is 7.32. The Kier molecular flexibility index (Phi) is 5.43. The molecule has 0 aliphatic rings. The van der Waals surface area contributed by atoms with Crippen molar-refractivity contribution in [1.29, 1.82) is 0 Å². The summed E-state index contributed by atoms with van der Waals surface area (Å²) < 4.78 is 19.4. The third kappa shape index (κ3) is 3.73. The van der Waals surface area contributed by atoms with Gasteiger partial charge in [0.25, 0.3) is 0 Å². The zero-order chi connectivity index (χ0) is 16.9. The first-order valence-corrected chi connectivity index (χ1v) is 7.99. The lowest BCUT2D eigenvalue weighted by Crippen LogP contribution is -2.23. The fourth-order valence-corrected chi connectivity index (χ4v) is 2.94. The van der Waals surface area contributed by atoms with E-state index in [0.29, 0.717) is 11.4 Å². The molecule has 0 saturated heterocycles. The highest BCUT2D eigenvalue weighted by molar-refractivity contribution is 5.44. The van der Waals surface area contributed by atoms with Crippen LogP contribution >= 0.6 is 0 Å². The third-order valence-electron chi connectivity index (χ3n) is 4.54. The molecule has 0 heterocycles.